The van der Waals surface area contributed by atoms with Crippen molar-refractivity contribution in [1.82, 2.24) is 4.90 Å². The van der Waals surface area contributed by atoms with Crippen LogP contribution >= 0.6 is 0 Å². The molecule has 1 aromatic rings. The normalized spacial score (nSPS) is 16.8. The fourth-order valence-electron chi connectivity index (χ4n) is 2.36. The Kier molecular flexibility index (Phi) is 2.70. The summed E-state index contributed by atoms with van der Waals surface area (Å²) in [6.07, 6.45) is 0.970. The Bertz CT molecular complexity index is 371. The van der Waals surface area contributed by atoms with E-state index in [0.717, 1.165) is 19.5 Å². The van der Waals surface area contributed by atoms with E-state index in [1.165, 1.54) is 16.7 Å². The highest BCUT2D eigenvalue weighted by molar-refractivity contribution is 5.46. The lowest BCUT2D eigenvalue weighted by Crippen LogP contribution is -2.27. The van der Waals surface area contributed by atoms with E-state index >= 15 is 0 Å². The fourth-order valence-corrected chi connectivity index (χ4v) is 2.36. The molecule has 0 saturated heterocycles. The third kappa shape index (κ3) is 1.86. The molecule has 0 aliphatic carbocycles. The van der Waals surface area contributed by atoms with Gasteiger partial charge in [-0.3, -0.25) is 0 Å². The van der Waals surface area contributed by atoms with Gasteiger partial charge < -0.3 is 10.0 Å². The summed E-state index contributed by atoms with van der Waals surface area (Å²) >= 11 is 0. The highest BCUT2D eigenvalue weighted by atomic mass is 16.3. The summed E-state index contributed by atoms with van der Waals surface area (Å²) in [7, 11) is 2.14. The van der Waals surface area contributed by atoms with Gasteiger partial charge in [-0.25, -0.2) is 0 Å². The maximum absolute atomic E-state index is 9.83. The zero-order valence-corrected chi connectivity index (χ0v) is 9.75. The van der Waals surface area contributed by atoms with Gasteiger partial charge in [0.25, 0.3) is 0 Å². The van der Waals surface area contributed by atoms with Crippen molar-refractivity contribution in [1.29, 1.82) is 0 Å². The molecular formula is C13H19NO. The number of nitrogens with zero attached hydrogens (tertiary/aromatic N) is 1. The molecule has 2 nitrogen and oxygen atoms in total. The summed E-state index contributed by atoms with van der Waals surface area (Å²) in [5.41, 5.74) is 3.90. The van der Waals surface area contributed by atoms with Crippen molar-refractivity contribution >= 4 is 0 Å². The van der Waals surface area contributed by atoms with Crippen LogP contribution in [0.2, 0.25) is 0 Å². The van der Waals surface area contributed by atoms with Crippen LogP contribution in [0.5, 0.6) is 5.75 Å². The Morgan fingerprint density at radius 3 is 2.67 bits per heavy atom. The Hall–Kier alpha value is -1.02. The molecule has 1 aliphatic heterocycles. The zero-order valence-electron chi connectivity index (χ0n) is 9.75. The second-order valence-electron chi connectivity index (χ2n) is 4.77. The van der Waals surface area contributed by atoms with Gasteiger partial charge in [-0.05, 0) is 42.1 Å². The van der Waals surface area contributed by atoms with E-state index in [0.29, 0.717) is 11.7 Å². The molecule has 2 heteroatoms. The maximum atomic E-state index is 9.83. The number of fused-ring (bicyclic) bond motifs is 1. The van der Waals surface area contributed by atoms with Gasteiger partial charge in [-0.1, -0.05) is 19.9 Å². The molecule has 0 unspecified atom stereocenters. The van der Waals surface area contributed by atoms with E-state index in [-0.39, 0.29) is 0 Å². The minimum Gasteiger partial charge on any atom is -0.508 e. The first-order chi connectivity index (χ1) is 7.09. The van der Waals surface area contributed by atoms with Crippen molar-refractivity contribution in [3.8, 4) is 5.75 Å². The van der Waals surface area contributed by atoms with Gasteiger partial charge in [0, 0.05) is 13.1 Å². The Labute approximate surface area is 91.5 Å². The summed E-state index contributed by atoms with van der Waals surface area (Å²) < 4.78 is 0. The van der Waals surface area contributed by atoms with Crippen LogP contribution in [0, 0.1) is 0 Å². The lowest BCUT2D eigenvalue weighted by molar-refractivity contribution is 0.306. The third-order valence-electron chi connectivity index (χ3n) is 3.24. The van der Waals surface area contributed by atoms with Crippen LogP contribution < -0.4 is 0 Å². The van der Waals surface area contributed by atoms with E-state index in [2.05, 4.69) is 31.9 Å². The summed E-state index contributed by atoms with van der Waals surface area (Å²) in [6, 6.07) is 3.91. The first-order valence-electron chi connectivity index (χ1n) is 5.61. The molecule has 0 spiro atoms. The lowest BCUT2D eigenvalue weighted by atomic mass is 9.89. The lowest BCUT2D eigenvalue weighted by Gasteiger charge is -2.28. The molecule has 2 rings (SSSR count). The number of rotatable bonds is 1. The van der Waals surface area contributed by atoms with Crippen LogP contribution in [-0.4, -0.2) is 23.6 Å². The number of likely N-dealkylation sites (N-methyl/N-ethyl adjacent to an activating group) is 1. The van der Waals surface area contributed by atoms with Gasteiger partial charge in [-0.15, -0.1) is 0 Å². The quantitative estimate of drug-likeness (QED) is 0.761. The summed E-state index contributed by atoms with van der Waals surface area (Å²) in [5, 5.41) is 9.83. The molecule has 0 atom stereocenters. The van der Waals surface area contributed by atoms with Crippen molar-refractivity contribution < 1.29 is 5.11 Å². The molecule has 0 bridgehead atoms. The monoisotopic (exact) mass is 205 g/mol. The number of phenolic OH excluding ortho intramolecular Hbond substituents is 1. The van der Waals surface area contributed by atoms with Crippen molar-refractivity contribution in [3.63, 3.8) is 0 Å². The van der Waals surface area contributed by atoms with Crippen LogP contribution in [0.3, 0.4) is 0 Å². The highest BCUT2D eigenvalue weighted by Gasteiger charge is 2.20. The van der Waals surface area contributed by atoms with Crippen LogP contribution in [-0.2, 0) is 13.0 Å². The van der Waals surface area contributed by atoms with Crippen molar-refractivity contribution in [2.75, 3.05) is 13.6 Å². The summed E-state index contributed by atoms with van der Waals surface area (Å²) in [6.45, 7) is 6.43. The Balaban J connectivity index is 2.51. The average Bonchev–Trinajstić information content (AvgIpc) is 2.17. The average molecular weight is 205 g/mol. The van der Waals surface area contributed by atoms with Gasteiger partial charge in [0.05, 0.1) is 0 Å². The first kappa shape index (κ1) is 10.5. The van der Waals surface area contributed by atoms with Gasteiger partial charge in [-0.2, -0.15) is 0 Å². The van der Waals surface area contributed by atoms with Gasteiger partial charge >= 0.3 is 0 Å². The van der Waals surface area contributed by atoms with Crippen LogP contribution in [0.15, 0.2) is 12.1 Å². The molecule has 1 N–H and O–H groups in total. The van der Waals surface area contributed by atoms with Crippen molar-refractivity contribution in [3.05, 3.63) is 28.8 Å². The Morgan fingerprint density at radius 2 is 2.00 bits per heavy atom. The molecule has 15 heavy (non-hydrogen) atoms. The van der Waals surface area contributed by atoms with Gasteiger partial charge in [0.1, 0.15) is 5.75 Å². The Morgan fingerprint density at radius 1 is 1.27 bits per heavy atom. The molecule has 82 valence electrons. The highest BCUT2D eigenvalue weighted by Crippen LogP contribution is 2.32. The zero-order chi connectivity index (χ0) is 11.0. The van der Waals surface area contributed by atoms with Crippen molar-refractivity contribution in [2.45, 2.75) is 32.7 Å². The van der Waals surface area contributed by atoms with Crippen LogP contribution in [0.4, 0.5) is 0 Å². The standard InChI is InChI=1S/C13H19NO/c1-9(2)10-4-5-13(15)11-6-7-14(3)8-12(10)11/h4-5,9,15H,6-8H2,1-3H3. The third-order valence-corrected chi connectivity index (χ3v) is 3.24. The molecule has 0 amide bonds. The summed E-state index contributed by atoms with van der Waals surface area (Å²) in [4.78, 5) is 2.31. The van der Waals surface area contributed by atoms with E-state index in [9.17, 15) is 5.11 Å². The SMILES string of the molecule is CC(C)c1ccc(O)c2c1CN(C)CC2. The predicted octanol–water partition coefficient (Wildman–Crippen LogP) is 2.50. The second-order valence-corrected chi connectivity index (χ2v) is 4.77. The topological polar surface area (TPSA) is 23.5 Å². The predicted molar refractivity (Wildman–Crippen MR) is 62.2 cm³/mol. The second kappa shape index (κ2) is 3.86. The van der Waals surface area contributed by atoms with Crippen LogP contribution in [0.1, 0.15) is 36.5 Å². The van der Waals surface area contributed by atoms with Gasteiger partial charge in [0.15, 0.2) is 0 Å². The van der Waals surface area contributed by atoms with E-state index in [1.807, 2.05) is 6.07 Å². The molecule has 1 heterocycles. The number of hydrogen-bond donors (Lipinski definition) is 1. The van der Waals surface area contributed by atoms with E-state index in [4.69, 9.17) is 0 Å². The van der Waals surface area contributed by atoms with Crippen molar-refractivity contribution in [2.24, 2.45) is 0 Å². The molecule has 0 aromatic heterocycles. The molecule has 1 aromatic carbocycles. The number of benzene rings is 1. The smallest absolute Gasteiger partial charge is 0.119 e. The van der Waals surface area contributed by atoms with E-state index in [1.54, 1.807) is 0 Å². The molecule has 1 aliphatic rings. The fraction of sp³-hybridized carbons (Fsp3) is 0.538. The molecular weight excluding hydrogens is 186 g/mol. The first-order valence-corrected chi connectivity index (χ1v) is 5.61. The van der Waals surface area contributed by atoms with E-state index < -0.39 is 0 Å². The minimum absolute atomic E-state index is 0.475. The largest absolute Gasteiger partial charge is 0.508 e. The number of hydrogen-bond acceptors (Lipinski definition) is 2. The molecule has 0 fully saturated rings. The number of aromatic hydroxyl groups is 1. The molecule has 0 saturated carbocycles. The maximum Gasteiger partial charge on any atom is 0.119 e. The van der Waals surface area contributed by atoms with Crippen LogP contribution in [0.25, 0.3) is 0 Å². The summed E-state index contributed by atoms with van der Waals surface area (Å²) in [5.74, 6) is 1.01. The molecule has 0 radical (unpaired) electrons. The van der Waals surface area contributed by atoms with Gasteiger partial charge in [0.2, 0.25) is 0 Å². The minimum atomic E-state index is 0.475. The number of phenols is 1.